The Morgan fingerprint density at radius 1 is 1.13 bits per heavy atom. The maximum Gasteiger partial charge on any atom is 0.193 e. The quantitative estimate of drug-likeness (QED) is 0.240. The van der Waals surface area contributed by atoms with Crippen LogP contribution in [-0.2, 0) is 9.47 Å². The van der Waals surface area contributed by atoms with Gasteiger partial charge in [-0.2, -0.15) is 0 Å². The van der Waals surface area contributed by atoms with Gasteiger partial charge in [0, 0.05) is 58.5 Å². The number of benzene rings is 1. The monoisotopic (exact) mass is 533 g/mol. The summed E-state index contributed by atoms with van der Waals surface area (Å²) < 4.78 is 22.2. The number of aliphatic imine (C=N–C) groups is 1. The lowest BCUT2D eigenvalue weighted by Gasteiger charge is -2.23. The third-order valence-corrected chi connectivity index (χ3v) is 5.67. The summed E-state index contributed by atoms with van der Waals surface area (Å²) in [7, 11) is 5.23. The molecule has 2 saturated heterocycles. The molecular formula is C22H36IN3O4. The maximum atomic E-state index is 5.95. The lowest BCUT2D eigenvalue weighted by atomic mass is 9.98. The molecule has 1 aromatic rings. The number of likely N-dealkylation sites (tertiary alicyclic amines) is 1. The Bertz CT molecular complexity index is 646. The normalized spacial score (nSPS) is 20.0. The van der Waals surface area contributed by atoms with Crippen LogP contribution in [0.3, 0.4) is 0 Å². The summed E-state index contributed by atoms with van der Waals surface area (Å²) in [6, 6.07) is 6.14. The van der Waals surface area contributed by atoms with Crippen LogP contribution >= 0.6 is 24.0 Å². The third-order valence-electron chi connectivity index (χ3n) is 5.67. The first-order valence-corrected chi connectivity index (χ1v) is 10.6. The Morgan fingerprint density at radius 2 is 1.83 bits per heavy atom. The van der Waals surface area contributed by atoms with Gasteiger partial charge in [-0.15, -0.1) is 24.0 Å². The number of nitrogens with zero attached hydrogens (tertiary/aromatic N) is 2. The molecule has 7 nitrogen and oxygen atoms in total. The summed E-state index contributed by atoms with van der Waals surface area (Å²) in [5.74, 6) is 3.08. The van der Waals surface area contributed by atoms with Crippen molar-refractivity contribution in [2.24, 2.45) is 4.99 Å². The van der Waals surface area contributed by atoms with E-state index in [9.17, 15) is 0 Å². The first-order valence-electron chi connectivity index (χ1n) is 10.6. The van der Waals surface area contributed by atoms with Crippen molar-refractivity contribution in [3.05, 3.63) is 23.8 Å². The van der Waals surface area contributed by atoms with E-state index >= 15 is 0 Å². The number of hydrogen-bond donors (Lipinski definition) is 1. The number of guanidine groups is 1. The van der Waals surface area contributed by atoms with Crippen LogP contribution < -0.4 is 14.8 Å². The Kier molecular flexibility index (Phi) is 11.0. The molecule has 30 heavy (non-hydrogen) atoms. The van der Waals surface area contributed by atoms with E-state index in [2.05, 4.69) is 27.3 Å². The van der Waals surface area contributed by atoms with Crippen LogP contribution in [0, 0.1) is 0 Å². The molecule has 2 heterocycles. The van der Waals surface area contributed by atoms with Crippen LogP contribution in [-0.4, -0.2) is 77.7 Å². The first kappa shape index (κ1) is 25.0. The van der Waals surface area contributed by atoms with Gasteiger partial charge in [0.25, 0.3) is 0 Å². The van der Waals surface area contributed by atoms with E-state index in [1.165, 1.54) is 5.56 Å². The van der Waals surface area contributed by atoms with E-state index in [1.807, 2.05) is 13.1 Å². The van der Waals surface area contributed by atoms with E-state index in [4.69, 9.17) is 18.9 Å². The predicted octanol–water partition coefficient (Wildman–Crippen LogP) is 3.27. The van der Waals surface area contributed by atoms with Gasteiger partial charge in [-0.25, -0.2) is 0 Å². The van der Waals surface area contributed by atoms with E-state index in [0.717, 1.165) is 82.6 Å². The Hall–Kier alpha value is -1.26. The number of ether oxygens (including phenoxy) is 4. The van der Waals surface area contributed by atoms with E-state index in [-0.39, 0.29) is 24.0 Å². The molecule has 0 aromatic heterocycles. The van der Waals surface area contributed by atoms with Crippen molar-refractivity contribution in [2.75, 3.05) is 60.7 Å². The number of methoxy groups -OCH3 is 2. The number of rotatable bonds is 8. The highest BCUT2D eigenvalue weighted by molar-refractivity contribution is 14.0. The molecule has 170 valence electrons. The largest absolute Gasteiger partial charge is 0.497 e. The summed E-state index contributed by atoms with van der Waals surface area (Å²) in [5, 5.41) is 3.49. The van der Waals surface area contributed by atoms with E-state index < -0.39 is 0 Å². The molecule has 0 saturated carbocycles. The summed E-state index contributed by atoms with van der Waals surface area (Å²) in [6.45, 7) is 5.22. The van der Waals surface area contributed by atoms with Crippen molar-refractivity contribution in [1.82, 2.24) is 10.2 Å². The number of halogens is 1. The van der Waals surface area contributed by atoms with Crippen LogP contribution in [0.4, 0.5) is 0 Å². The molecule has 2 fully saturated rings. The zero-order valence-electron chi connectivity index (χ0n) is 18.4. The molecule has 1 atom stereocenters. The molecule has 2 aliphatic rings. The van der Waals surface area contributed by atoms with Crippen molar-refractivity contribution in [3.63, 3.8) is 0 Å². The lowest BCUT2D eigenvalue weighted by Crippen LogP contribution is -2.40. The molecule has 0 aliphatic carbocycles. The fourth-order valence-electron chi connectivity index (χ4n) is 3.99. The molecule has 1 unspecified atom stereocenters. The fourth-order valence-corrected chi connectivity index (χ4v) is 3.99. The van der Waals surface area contributed by atoms with E-state index in [0.29, 0.717) is 12.0 Å². The van der Waals surface area contributed by atoms with Gasteiger partial charge in [0.05, 0.1) is 20.3 Å². The second kappa shape index (κ2) is 13.2. The number of hydrogen-bond acceptors (Lipinski definition) is 5. The first-order chi connectivity index (χ1) is 14.2. The molecule has 0 spiro atoms. The molecule has 0 radical (unpaired) electrons. The maximum absolute atomic E-state index is 5.95. The SMILES string of the molecule is CN=C(NCCCOC1CCOCC1)N1CCC(c2cc(OC)cc(OC)c2)C1.I. The second-order valence-electron chi connectivity index (χ2n) is 7.59. The van der Waals surface area contributed by atoms with Crippen LogP contribution in [0.1, 0.15) is 37.2 Å². The predicted molar refractivity (Wildman–Crippen MR) is 130 cm³/mol. The van der Waals surface area contributed by atoms with Crippen molar-refractivity contribution in [1.29, 1.82) is 0 Å². The summed E-state index contributed by atoms with van der Waals surface area (Å²) in [6.07, 6.45) is 4.45. The molecule has 2 aliphatic heterocycles. The molecule has 0 amide bonds. The Labute approximate surface area is 197 Å². The minimum atomic E-state index is 0. The second-order valence-corrected chi connectivity index (χ2v) is 7.59. The van der Waals surface area contributed by atoms with Gasteiger partial charge >= 0.3 is 0 Å². The topological polar surface area (TPSA) is 64.6 Å². The van der Waals surface area contributed by atoms with Crippen molar-refractivity contribution in [3.8, 4) is 11.5 Å². The molecule has 3 rings (SSSR count). The lowest BCUT2D eigenvalue weighted by molar-refractivity contribution is -0.0320. The van der Waals surface area contributed by atoms with Crippen molar-refractivity contribution >= 4 is 29.9 Å². The zero-order chi connectivity index (χ0) is 20.5. The third kappa shape index (κ3) is 7.16. The van der Waals surface area contributed by atoms with Crippen LogP contribution in [0.15, 0.2) is 23.2 Å². The van der Waals surface area contributed by atoms with Gasteiger partial charge in [-0.3, -0.25) is 4.99 Å². The van der Waals surface area contributed by atoms with Gasteiger partial charge in [0.1, 0.15) is 11.5 Å². The summed E-state index contributed by atoms with van der Waals surface area (Å²) in [4.78, 5) is 6.81. The highest BCUT2D eigenvalue weighted by Crippen LogP contribution is 2.32. The van der Waals surface area contributed by atoms with Crippen LogP contribution in [0.2, 0.25) is 0 Å². The zero-order valence-corrected chi connectivity index (χ0v) is 20.7. The molecular weight excluding hydrogens is 497 g/mol. The molecule has 0 bridgehead atoms. The highest BCUT2D eigenvalue weighted by atomic mass is 127. The van der Waals surface area contributed by atoms with Crippen molar-refractivity contribution < 1.29 is 18.9 Å². The van der Waals surface area contributed by atoms with Crippen LogP contribution in [0.25, 0.3) is 0 Å². The fraction of sp³-hybridized carbons (Fsp3) is 0.682. The van der Waals surface area contributed by atoms with Gasteiger partial charge < -0.3 is 29.2 Å². The minimum Gasteiger partial charge on any atom is -0.497 e. The van der Waals surface area contributed by atoms with Gasteiger partial charge in [0.2, 0.25) is 0 Å². The summed E-state index contributed by atoms with van der Waals surface area (Å²) in [5.41, 5.74) is 1.25. The average molecular weight is 533 g/mol. The highest BCUT2D eigenvalue weighted by Gasteiger charge is 2.26. The smallest absolute Gasteiger partial charge is 0.193 e. The summed E-state index contributed by atoms with van der Waals surface area (Å²) >= 11 is 0. The van der Waals surface area contributed by atoms with Crippen molar-refractivity contribution in [2.45, 2.75) is 37.7 Å². The Morgan fingerprint density at radius 3 is 2.47 bits per heavy atom. The van der Waals surface area contributed by atoms with Gasteiger partial charge in [0.15, 0.2) is 5.96 Å². The van der Waals surface area contributed by atoms with Gasteiger partial charge in [-0.05, 0) is 43.4 Å². The standard InChI is InChI=1S/C22H35N3O4.HI/c1-23-22(24-8-4-10-29-19-6-11-28-12-7-19)25-9-5-17(16-25)18-13-20(26-2)15-21(14-18)27-3;/h13-15,17,19H,4-12,16H2,1-3H3,(H,23,24);1H. The number of nitrogens with one attached hydrogen (secondary N) is 1. The van der Waals surface area contributed by atoms with Crippen LogP contribution in [0.5, 0.6) is 11.5 Å². The molecule has 1 aromatic carbocycles. The van der Waals surface area contributed by atoms with E-state index in [1.54, 1.807) is 14.2 Å². The molecule has 8 heteroatoms. The Balaban J connectivity index is 0.00000320. The minimum absolute atomic E-state index is 0. The van der Waals surface area contributed by atoms with Gasteiger partial charge in [-0.1, -0.05) is 0 Å². The molecule has 1 N–H and O–H groups in total. The average Bonchev–Trinajstić information content (AvgIpc) is 3.26.